The summed E-state index contributed by atoms with van der Waals surface area (Å²) >= 11 is 1.55. The van der Waals surface area contributed by atoms with E-state index in [1.165, 1.54) is 35.4 Å². The lowest BCUT2D eigenvalue weighted by atomic mass is 9.85. The fourth-order valence-electron chi connectivity index (χ4n) is 7.71. The molecule has 0 spiro atoms. The Hall–Kier alpha value is -7.71. The fraction of sp³-hybridized carbons (Fsp3) is 0.306. The number of likely N-dealkylation sites (tertiary alicyclic amines) is 1. The monoisotopic (exact) mass is 960 g/mol. The van der Waals surface area contributed by atoms with Gasteiger partial charge in [0, 0.05) is 31.3 Å². The molecule has 1 saturated heterocycles. The summed E-state index contributed by atoms with van der Waals surface area (Å²) in [6.45, 7) is 8.84. The van der Waals surface area contributed by atoms with Crippen LogP contribution in [-0.2, 0) is 25.7 Å². The van der Waals surface area contributed by atoms with Crippen molar-refractivity contribution < 1.29 is 42.9 Å². The van der Waals surface area contributed by atoms with Crippen LogP contribution in [0, 0.1) is 18.2 Å². The second kappa shape index (κ2) is 21.1. The molecule has 0 aliphatic carbocycles. The molecule has 1 aliphatic rings. The largest absolute Gasteiger partial charge is 0.484 e. The number of halogens is 1. The Labute approximate surface area is 401 Å². The SMILES string of the molecule is Cc1ncsc1-c1ccc(CNC(=O)[C@@H]2C[C@@H](O)CN2C(=O)[C@@H](NC(=O)CCOC(=O)c2ccc(Nc3n[nH]c(-c4ccc(N)c(O[C@@H](C)c5ccc(F)cc5)c4)c3C(N)=O)nc2)C(C)(C)C)cc1. The summed E-state index contributed by atoms with van der Waals surface area (Å²) in [5.74, 6) is -2.91. The summed E-state index contributed by atoms with van der Waals surface area (Å²) in [5, 5.41) is 26.2. The fourth-order valence-corrected chi connectivity index (χ4v) is 8.52. The van der Waals surface area contributed by atoms with E-state index in [-0.39, 0.29) is 66.8 Å². The van der Waals surface area contributed by atoms with E-state index in [2.05, 4.69) is 36.1 Å². The molecule has 6 aromatic rings. The van der Waals surface area contributed by atoms with Crippen LogP contribution in [0.4, 0.5) is 21.7 Å². The van der Waals surface area contributed by atoms with Crippen molar-refractivity contribution in [2.75, 3.05) is 24.2 Å². The maximum absolute atomic E-state index is 14.0. The minimum atomic E-state index is -1.07. The quantitative estimate of drug-likeness (QED) is 0.0411. The molecule has 1 fully saturated rings. The molecular weight excluding hydrogens is 908 g/mol. The van der Waals surface area contributed by atoms with Gasteiger partial charge in [-0.2, -0.15) is 5.10 Å². The van der Waals surface area contributed by atoms with Crippen LogP contribution in [0.3, 0.4) is 0 Å². The molecular formula is C49H53FN10O8S. The van der Waals surface area contributed by atoms with Crippen molar-refractivity contribution in [3.05, 3.63) is 124 Å². The molecule has 4 atom stereocenters. The topological polar surface area (TPSA) is 270 Å². The number of primary amides is 1. The lowest BCUT2D eigenvalue weighted by Crippen LogP contribution is -2.57. The van der Waals surface area contributed by atoms with Gasteiger partial charge in [0.1, 0.15) is 47.7 Å². The number of aliphatic hydroxyl groups is 1. The number of H-pyrrole nitrogens is 1. The molecule has 7 rings (SSSR count). The Morgan fingerprint density at radius 1 is 1.00 bits per heavy atom. The van der Waals surface area contributed by atoms with Crippen LogP contribution in [-0.4, -0.2) is 91.1 Å². The van der Waals surface area contributed by atoms with Crippen LogP contribution >= 0.6 is 11.3 Å². The molecule has 3 aromatic carbocycles. The summed E-state index contributed by atoms with van der Waals surface area (Å²) in [6, 6.07) is 19.4. The highest BCUT2D eigenvalue weighted by Crippen LogP contribution is 2.35. The number of anilines is 3. The van der Waals surface area contributed by atoms with Crippen molar-refractivity contribution in [3.8, 4) is 27.4 Å². The number of rotatable bonds is 17. The van der Waals surface area contributed by atoms with Crippen molar-refractivity contribution >= 4 is 58.3 Å². The first-order valence-corrected chi connectivity index (χ1v) is 22.9. The number of nitrogens with one attached hydrogen (secondary N) is 4. The number of benzene rings is 3. The Morgan fingerprint density at radius 2 is 1.72 bits per heavy atom. The van der Waals surface area contributed by atoms with Gasteiger partial charge >= 0.3 is 5.97 Å². The second-order valence-corrected chi connectivity index (χ2v) is 18.5. The molecule has 0 unspecified atom stereocenters. The number of amides is 4. The van der Waals surface area contributed by atoms with Crippen molar-refractivity contribution in [2.45, 2.75) is 78.3 Å². The number of nitrogen functional groups attached to an aromatic ring is 1. The number of β-amino-alcohol motifs (C(OH)–C–C–N with tert-alkyl or cyclic N) is 1. The second-order valence-electron chi connectivity index (χ2n) is 17.6. The summed E-state index contributed by atoms with van der Waals surface area (Å²) < 4.78 is 24.9. The minimum Gasteiger partial charge on any atom is -0.484 e. The van der Waals surface area contributed by atoms with Gasteiger partial charge in [-0.1, -0.05) is 63.2 Å². The van der Waals surface area contributed by atoms with Crippen molar-refractivity contribution in [2.24, 2.45) is 11.1 Å². The summed E-state index contributed by atoms with van der Waals surface area (Å²) in [5.41, 5.74) is 17.7. The van der Waals surface area contributed by atoms with E-state index >= 15 is 0 Å². The first-order chi connectivity index (χ1) is 32.9. The smallest absolute Gasteiger partial charge is 0.339 e. The van der Waals surface area contributed by atoms with Gasteiger partial charge in [0.15, 0.2) is 5.82 Å². The highest BCUT2D eigenvalue weighted by atomic mass is 32.1. The lowest BCUT2D eigenvalue weighted by Gasteiger charge is -2.35. The Balaban J connectivity index is 0.914. The standard InChI is InChI=1S/C49H53FN10O8S/c1-26-42(69-25-55-26)30-8-6-28(7-9-30)22-54-46(64)36-21-34(61)24-60(36)47(65)43(49(3,4)5)57-39(62)18-19-67-48(66)32-13-17-38(53-23-32)56-45-40(44(52)63)41(58-59-45)31-12-16-35(51)37(20-31)68-27(2)29-10-14-33(50)15-11-29/h6-17,20,23,25,27,34,36,43,61H,18-19,21-22,24,51H2,1-5H3,(H2,52,63)(H,54,64)(H,57,62)(H2,53,56,58,59)/t27-,34+,36-,43+/m0/s1. The van der Waals surface area contributed by atoms with Gasteiger partial charge in [0.25, 0.3) is 5.91 Å². The number of hydrogen-bond acceptors (Lipinski definition) is 14. The molecule has 0 bridgehead atoms. The predicted octanol–water partition coefficient (Wildman–Crippen LogP) is 5.96. The van der Waals surface area contributed by atoms with Crippen LogP contribution < -0.4 is 32.2 Å². The number of aliphatic hydroxyl groups excluding tert-OH is 1. The Morgan fingerprint density at radius 3 is 2.38 bits per heavy atom. The molecule has 1 aliphatic heterocycles. The highest BCUT2D eigenvalue weighted by Gasteiger charge is 2.44. The number of aromatic nitrogens is 4. The highest BCUT2D eigenvalue weighted by molar-refractivity contribution is 7.13. The summed E-state index contributed by atoms with van der Waals surface area (Å²) in [4.78, 5) is 77.4. The van der Waals surface area contributed by atoms with E-state index in [1.54, 1.807) is 74.9 Å². The van der Waals surface area contributed by atoms with E-state index in [0.717, 1.165) is 27.3 Å². The van der Waals surface area contributed by atoms with Crippen LogP contribution in [0.25, 0.3) is 21.7 Å². The first-order valence-electron chi connectivity index (χ1n) is 22.0. The Bertz CT molecular complexity index is 2830. The molecule has 0 radical (unpaired) electrons. The summed E-state index contributed by atoms with van der Waals surface area (Å²) in [7, 11) is 0. The molecule has 360 valence electrons. The number of pyridine rings is 1. The third-order valence-electron chi connectivity index (χ3n) is 11.5. The zero-order valence-corrected chi connectivity index (χ0v) is 39.4. The van der Waals surface area contributed by atoms with E-state index in [0.29, 0.717) is 17.0 Å². The normalized spacial score (nSPS) is 15.5. The number of esters is 1. The van der Waals surface area contributed by atoms with Crippen molar-refractivity contribution in [1.82, 2.24) is 35.7 Å². The van der Waals surface area contributed by atoms with E-state index in [9.17, 15) is 33.5 Å². The number of ether oxygens (including phenoxy) is 2. The van der Waals surface area contributed by atoms with Crippen molar-refractivity contribution in [1.29, 1.82) is 0 Å². The minimum absolute atomic E-state index is 0.0100. The van der Waals surface area contributed by atoms with Crippen molar-refractivity contribution in [3.63, 3.8) is 0 Å². The molecule has 18 nitrogen and oxygen atoms in total. The molecule has 9 N–H and O–H groups in total. The van der Waals surface area contributed by atoms with Crippen LogP contribution in [0.2, 0.25) is 0 Å². The van der Waals surface area contributed by atoms with Crippen LogP contribution in [0.15, 0.2) is 90.6 Å². The van der Waals surface area contributed by atoms with Crippen LogP contribution in [0.1, 0.15) is 84.2 Å². The third-order valence-corrected chi connectivity index (χ3v) is 12.5. The van der Waals surface area contributed by atoms with Gasteiger partial charge < -0.3 is 46.9 Å². The number of carbonyl (C=O) groups excluding carboxylic acids is 5. The van der Waals surface area contributed by atoms with Gasteiger partial charge in [-0.25, -0.2) is 19.2 Å². The number of carbonyl (C=O) groups is 5. The van der Waals surface area contributed by atoms with Gasteiger partial charge in [-0.3, -0.25) is 24.3 Å². The average Bonchev–Trinajstić information content (AvgIpc) is 4.06. The number of hydrogen-bond donors (Lipinski definition) is 7. The molecule has 0 saturated carbocycles. The number of thiazole rings is 1. The molecule has 69 heavy (non-hydrogen) atoms. The number of nitrogens with zero attached hydrogens (tertiary/aromatic N) is 4. The van der Waals surface area contributed by atoms with Gasteiger partial charge in [0.05, 0.1) is 45.6 Å². The van der Waals surface area contributed by atoms with Gasteiger partial charge in [-0.05, 0) is 72.4 Å². The van der Waals surface area contributed by atoms with E-state index < -0.39 is 59.3 Å². The zero-order chi connectivity index (χ0) is 49.6. The molecule has 3 aromatic heterocycles. The number of nitrogens with two attached hydrogens (primary N) is 2. The molecule has 20 heteroatoms. The van der Waals surface area contributed by atoms with Gasteiger partial charge in [0.2, 0.25) is 17.7 Å². The number of aromatic amines is 1. The maximum Gasteiger partial charge on any atom is 0.339 e. The zero-order valence-electron chi connectivity index (χ0n) is 38.5. The number of aryl methyl sites for hydroxylation is 1. The summed E-state index contributed by atoms with van der Waals surface area (Å²) in [6.07, 6.45) is -0.425. The average molecular weight is 961 g/mol. The maximum atomic E-state index is 14.0. The first kappa shape index (κ1) is 49.2. The Kier molecular flexibility index (Phi) is 15.0. The van der Waals surface area contributed by atoms with Crippen LogP contribution in [0.5, 0.6) is 5.75 Å². The third kappa shape index (κ3) is 11.9. The molecule has 4 amide bonds. The van der Waals surface area contributed by atoms with E-state index in [4.69, 9.17) is 20.9 Å². The predicted molar refractivity (Wildman–Crippen MR) is 256 cm³/mol. The lowest BCUT2D eigenvalue weighted by molar-refractivity contribution is -0.144. The van der Waals surface area contributed by atoms with E-state index in [1.807, 2.05) is 31.2 Å². The van der Waals surface area contributed by atoms with Gasteiger partial charge in [-0.15, -0.1) is 11.3 Å². The molecule has 4 heterocycles.